The predicted octanol–water partition coefficient (Wildman–Crippen LogP) is 3.00. The molecule has 1 aromatic heterocycles. The lowest BCUT2D eigenvalue weighted by molar-refractivity contribution is 0.0698. The Morgan fingerprint density at radius 2 is 1.76 bits per heavy atom. The summed E-state index contributed by atoms with van der Waals surface area (Å²) >= 11 is 0. The molecule has 3 rings (SSSR count). The molecule has 0 saturated carbocycles. The van der Waals surface area contributed by atoms with Gasteiger partial charge in [0.25, 0.3) is 5.56 Å². The fourth-order valence-corrected chi connectivity index (χ4v) is 2.43. The van der Waals surface area contributed by atoms with Gasteiger partial charge in [0.05, 0.1) is 5.56 Å². The van der Waals surface area contributed by atoms with E-state index < -0.39 is 5.97 Å². The molecule has 4 nitrogen and oxygen atoms in total. The number of hydrogen-bond acceptors (Lipinski definition) is 2. The van der Waals surface area contributed by atoms with E-state index in [9.17, 15) is 14.7 Å². The first-order valence-corrected chi connectivity index (χ1v) is 6.52. The Balaban J connectivity index is 2.42. The van der Waals surface area contributed by atoms with Crippen LogP contribution in [0.15, 0.2) is 59.5 Å². The lowest BCUT2D eigenvalue weighted by Crippen LogP contribution is -2.20. The van der Waals surface area contributed by atoms with E-state index in [0.717, 1.165) is 5.56 Å². The van der Waals surface area contributed by atoms with Crippen molar-refractivity contribution in [1.82, 2.24) is 4.57 Å². The molecule has 0 fully saturated rings. The molecule has 104 valence electrons. The van der Waals surface area contributed by atoms with Gasteiger partial charge in [-0.1, -0.05) is 30.3 Å². The summed E-state index contributed by atoms with van der Waals surface area (Å²) in [5, 5.41) is 10.2. The van der Waals surface area contributed by atoms with Crippen molar-refractivity contribution in [3.05, 3.63) is 76.2 Å². The summed E-state index contributed by atoms with van der Waals surface area (Å²) in [6, 6.07) is 14.2. The van der Waals surface area contributed by atoms with Crippen molar-refractivity contribution in [3.63, 3.8) is 0 Å². The maximum atomic E-state index is 12.6. The number of aromatic carboxylic acids is 1. The normalized spacial score (nSPS) is 10.7. The van der Waals surface area contributed by atoms with Crippen molar-refractivity contribution in [3.8, 4) is 5.69 Å². The van der Waals surface area contributed by atoms with Gasteiger partial charge in [0, 0.05) is 22.7 Å². The van der Waals surface area contributed by atoms with Gasteiger partial charge in [0.2, 0.25) is 0 Å². The first-order valence-electron chi connectivity index (χ1n) is 6.52. The topological polar surface area (TPSA) is 59.3 Å². The number of aryl methyl sites for hydroxylation is 1. The maximum Gasteiger partial charge on any atom is 0.337 e. The predicted molar refractivity (Wildman–Crippen MR) is 81.2 cm³/mol. The van der Waals surface area contributed by atoms with E-state index in [1.807, 2.05) is 25.1 Å². The summed E-state index contributed by atoms with van der Waals surface area (Å²) in [5.41, 5.74) is 1.56. The third-order valence-corrected chi connectivity index (χ3v) is 3.43. The number of fused-ring (bicyclic) bond motifs is 1. The van der Waals surface area contributed by atoms with Crippen LogP contribution in [0.4, 0.5) is 0 Å². The number of hydrogen-bond donors (Lipinski definition) is 1. The Morgan fingerprint density at radius 1 is 1.05 bits per heavy atom. The van der Waals surface area contributed by atoms with Gasteiger partial charge in [-0.2, -0.15) is 0 Å². The maximum absolute atomic E-state index is 12.6. The Kier molecular flexibility index (Phi) is 3.06. The summed E-state index contributed by atoms with van der Waals surface area (Å²) in [5.74, 6) is -1.05. The number of carboxylic acids is 1. The zero-order valence-corrected chi connectivity index (χ0v) is 11.4. The molecule has 3 aromatic rings. The van der Waals surface area contributed by atoms with Gasteiger partial charge in [-0.05, 0) is 30.7 Å². The second-order valence-electron chi connectivity index (χ2n) is 4.91. The molecule has 0 aliphatic carbocycles. The van der Waals surface area contributed by atoms with E-state index in [0.29, 0.717) is 16.5 Å². The third-order valence-electron chi connectivity index (χ3n) is 3.43. The first kappa shape index (κ1) is 13.1. The van der Waals surface area contributed by atoms with Gasteiger partial charge in [0.15, 0.2) is 0 Å². The number of nitrogens with zero attached hydrogens (tertiary/aromatic N) is 1. The van der Waals surface area contributed by atoms with Crippen molar-refractivity contribution < 1.29 is 9.90 Å². The van der Waals surface area contributed by atoms with Gasteiger partial charge in [-0.3, -0.25) is 9.36 Å². The minimum atomic E-state index is -1.05. The number of aromatic nitrogens is 1. The van der Waals surface area contributed by atoms with Gasteiger partial charge in [-0.15, -0.1) is 0 Å². The summed E-state index contributed by atoms with van der Waals surface area (Å²) in [4.78, 5) is 24.0. The average molecular weight is 279 g/mol. The van der Waals surface area contributed by atoms with E-state index in [1.54, 1.807) is 30.3 Å². The standard InChI is InChI=1S/C17H13NO3/c1-11-5-4-6-12(9-11)18-10-15(17(20)21)13-7-2-3-8-14(13)16(18)19/h2-10H,1H3,(H,20,21). The van der Waals surface area contributed by atoms with Crippen LogP contribution in [-0.2, 0) is 0 Å². The van der Waals surface area contributed by atoms with Crippen LogP contribution < -0.4 is 5.56 Å². The molecule has 2 aromatic carbocycles. The van der Waals surface area contributed by atoms with Crippen LogP contribution in [0.5, 0.6) is 0 Å². The molecule has 0 unspecified atom stereocenters. The Labute approximate surface area is 120 Å². The van der Waals surface area contributed by atoms with Crippen molar-refractivity contribution in [2.45, 2.75) is 6.92 Å². The van der Waals surface area contributed by atoms with E-state index in [-0.39, 0.29) is 11.1 Å². The van der Waals surface area contributed by atoms with E-state index >= 15 is 0 Å². The second kappa shape index (κ2) is 4.90. The van der Waals surface area contributed by atoms with Gasteiger partial charge < -0.3 is 5.11 Å². The van der Waals surface area contributed by atoms with Crippen LogP contribution in [0.2, 0.25) is 0 Å². The van der Waals surface area contributed by atoms with E-state index in [2.05, 4.69) is 0 Å². The van der Waals surface area contributed by atoms with E-state index in [4.69, 9.17) is 0 Å². The number of pyridine rings is 1. The minimum Gasteiger partial charge on any atom is -0.478 e. The van der Waals surface area contributed by atoms with Crippen molar-refractivity contribution in [2.75, 3.05) is 0 Å². The van der Waals surface area contributed by atoms with Crippen LogP contribution in [0.3, 0.4) is 0 Å². The molecule has 1 N–H and O–H groups in total. The molecule has 0 saturated heterocycles. The fraction of sp³-hybridized carbons (Fsp3) is 0.0588. The fourth-order valence-electron chi connectivity index (χ4n) is 2.43. The second-order valence-corrected chi connectivity index (χ2v) is 4.91. The number of carbonyl (C=O) groups is 1. The lowest BCUT2D eigenvalue weighted by Gasteiger charge is -2.10. The monoisotopic (exact) mass is 279 g/mol. The molecule has 0 atom stereocenters. The van der Waals surface area contributed by atoms with Crippen molar-refractivity contribution in [2.24, 2.45) is 0 Å². The summed E-state index contributed by atoms with van der Waals surface area (Å²) in [6.45, 7) is 1.92. The zero-order chi connectivity index (χ0) is 15.0. The van der Waals surface area contributed by atoms with Crippen LogP contribution >= 0.6 is 0 Å². The largest absolute Gasteiger partial charge is 0.478 e. The van der Waals surface area contributed by atoms with Gasteiger partial charge >= 0.3 is 5.97 Å². The van der Waals surface area contributed by atoms with Crippen molar-refractivity contribution in [1.29, 1.82) is 0 Å². The Bertz CT molecular complexity index is 909. The Morgan fingerprint density at radius 3 is 2.43 bits per heavy atom. The molecular weight excluding hydrogens is 266 g/mol. The smallest absolute Gasteiger partial charge is 0.337 e. The minimum absolute atomic E-state index is 0.117. The molecule has 0 bridgehead atoms. The summed E-state index contributed by atoms with van der Waals surface area (Å²) in [6.07, 6.45) is 1.39. The highest BCUT2D eigenvalue weighted by atomic mass is 16.4. The number of carboxylic acid groups (broad SMARTS) is 1. The SMILES string of the molecule is Cc1cccc(-n2cc(C(=O)O)c3ccccc3c2=O)c1. The highest BCUT2D eigenvalue weighted by Crippen LogP contribution is 2.18. The lowest BCUT2D eigenvalue weighted by atomic mass is 10.1. The first-order chi connectivity index (χ1) is 10.1. The van der Waals surface area contributed by atoms with Crippen LogP contribution in [0.1, 0.15) is 15.9 Å². The van der Waals surface area contributed by atoms with Crippen molar-refractivity contribution >= 4 is 16.7 Å². The molecule has 0 radical (unpaired) electrons. The molecule has 0 amide bonds. The molecular formula is C17H13NO3. The molecule has 0 spiro atoms. The zero-order valence-electron chi connectivity index (χ0n) is 11.4. The summed E-state index contributed by atoms with van der Waals surface area (Å²) < 4.78 is 1.39. The van der Waals surface area contributed by atoms with Gasteiger partial charge in [0.1, 0.15) is 0 Å². The summed E-state index contributed by atoms with van der Waals surface area (Å²) in [7, 11) is 0. The highest BCUT2D eigenvalue weighted by molar-refractivity contribution is 6.03. The molecule has 1 heterocycles. The average Bonchev–Trinajstić information content (AvgIpc) is 2.47. The van der Waals surface area contributed by atoms with E-state index in [1.165, 1.54) is 10.8 Å². The number of rotatable bonds is 2. The molecule has 4 heteroatoms. The van der Waals surface area contributed by atoms with Gasteiger partial charge in [-0.25, -0.2) is 4.79 Å². The quantitative estimate of drug-likeness (QED) is 0.784. The number of benzene rings is 2. The van der Waals surface area contributed by atoms with Crippen LogP contribution in [0, 0.1) is 6.92 Å². The highest BCUT2D eigenvalue weighted by Gasteiger charge is 2.14. The van der Waals surface area contributed by atoms with Crippen LogP contribution in [-0.4, -0.2) is 15.6 Å². The Hall–Kier alpha value is -2.88. The molecule has 21 heavy (non-hydrogen) atoms. The molecule has 0 aliphatic rings. The third kappa shape index (κ3) is 2.21. The molecule has 0 aliphatic heterocycles. The van der Waals surface area contributed by atoms with Crippen LogP contribution in [0.25, 0.3) is 16.5 Å².